The zero-order valence-electron chi connectivity index (χ0n) is 12.9. The summed E-state index contributed by atoms with van der Waals surface area (Å²) in [6.07, 6.45) is 2.67. The maximum absolute atomic E-state index is 13.8. The van der Waals surface area contributed by atoms with Gasteiger partial charge in [-0.3, -0.25) is 4.79 Å². The highest BCUT2D eigenvalue weighted by molar-refractivity contribution is 7.90. The van der Waals surface area contributed by atoms with Crippen LogP contribution in [0, 0.1) is 23.3 Å². The van der Waals surface area contributed by atoms with E-state index >= 15 is 0 Å². The van der Waals surface area contributed by atoms with Gasteiger partial charge in [-0.1, -0.05) is 0 Å². The van der Waals surface area contributed by atoms with Gasteiger partial charge in [-0.05, 0) is 36.4 Å². The van der Waals surface area contributed by atoms with Crippen molar-refractivity contribution in [1.82, 2.24) is 9.55 Å². The second-order valence-electron chi connectivity index (χ2n) is 5.15. The molecule has 3 aromatic rings. The number of halogens is 4. The van der Waals surface area contributed by atoms with Crippen molar-refractivity contribution in [3.05, 3.63) is 77.1 Å². The molecular weight excluding hydrogens is 372 g/mol. The van der Waals surface area contributed by atoms with Crippen molar-refractivity contribution in [3.63, 3.8) is 0 Å². The second-order valence-corrected chi connectivity index (χ2v) is 6.50. The Kier molecular flexibility index (Phi) is 5.10. The molecule has 26 heavy (non-hydrogen) atoms. The molecule has 0 aliphatic heterocycles. The van der Waals surface area contributed by atoms with Crippen LogP contribution >= 0.6 is 0 Å². The summed E-state index contributed by atoms with van der Waals surface area (Å²) < 4.78 is 67.7. The number of rotatable bonds is 5. The van der Waals surface area contributed by atoms with Gasteiger partial charge in [0, 0.05) is 11.2 Å². The molecule has 4 nitrogen and oxygen atoms in total. The van der Waals surface area contributed by atoms with Crippen LogP contribution < -0.4 is 0 Å². The predicted octanol–water partition coefficient (Wildman–Crippen LogP) is 3.19. The SMILES string of the molecule is O=[C]c1cnc([S+]([O-])Cc2c(F)ccc(F)c2F)n1-c1ccc(F)cc1. The van der Waals surface area contributed by atoms with Crippen LogP contribution in [0.5, 0.6) is 0 Å². The molecule has 0 spiro atoms. The van der Waals surface area contributed by atoms with E-state index in [0.29, 0.717) is 6.07 Å². The van der Waals surface area contributed by atoms with E-state index in [2.05, 4.69) is 4.98 Å². The van der Waals surface area contributed by atoms with E-state index in [9.17, 15) is 26.9 Å². The lowest BCUT2D eigenvalue weighted by Crippen LogP contribution is -2.15. The molecule has 0 aliphatic rings. The normalized spacial score (nSPS) is 12.2. The largest absolute Gasteiger partial charge is 0.609 e. The molecule has 1 atom stereocenters. The van der Waals surface area contributed by atoms with Crippen LogP contribution in [0.2, 0.25) is 0 Å². The third kappa shape index (κ3) is 3.35. The Morgan fingerprint density at radius 2 is 1.69 bits per heavy atom. The quantitative estimate of drug-likeness (QED) is 0.388. The van der Waals surface area contributed by atoms with Gasteiger partial charge in [-0.15, -0.1) is 0 Å². The van der Waals surface area contributed by atoms with Crippen molar-refractivity contribution < 1.29 is 26.9 Å². The van der Waals surface area contributed by atoms with Gasteiger partial charge >= 0.3 is 5.16 Å². The van der Waals surface area contributed by atoms with E-state index in [1.54, 1.807) is 6.29 Å². The first-order valence-corrected chi connectivity index (χ1v) is 8.47. The van der Waals surface area contributed by atoms with Crippen molar-refractivity contribution in [2.24, 2.45) is 0 Å². The summed E-state index contributed by atoms with van der Waals surface area (Å²) in [5, 5.41) is -0.210. The number of nitrogens with zero attached hydrogens (tertiary/aromatic N) is 2. The van der Waals surface area contributed by atoms with Crippen LogP contribution in [-0.4, -0.2) is 20.4 Å². The zero-order valence-corrected chi connectivity index (χ0v) is 13.7. The first-order chi connectivity index (χ1) is 12.4. The molecule has 0 aliphatic carbocycles. The lowest BCUT2D eigenvalue weighted by atomic mass is 10.2. The molecule has 9 heteroatoms. The van der Waals surface area contributed by atoms with Gasteiger partial charge in [0.25, 0.3) is 6.29 Å². The average molecular weight is 381 g/mol. The number of carbonyl (C=O) groups excluding carboxylic acids is 1. The van der Waals surface area contributed by atoms with Crippen LogP contribution in [0.4, 0.5) is 17.6 Å². The Morgan fingerprint density at radius 1 is 1.04 bits per heavy atom. The first-order valence-electron chi connectivity index (χ1n) is 7.15. The molecule has 0 amide bonds. The molecule has 1 unspecified atom stereocenters. The minimum absolute atomic E-state index is 0.111. The fourth-order valence-electron chi connectivity index (χ4n) is 2.30. The number of aromatic nitrogens is 2. The molecule has 2 aromatic carbocycles. The highest BCUT2D eigenvalue weighted by Gasteiger charge is 2.27. The summed E-state index contributed by atoms with van der Waals surface area (Å²) in [7, 11) is 0. The Morgan fingerprint density at radius 3 is 2.35 bits per heavy atom. The molecular formula is C17H9F4N2O2S. The molecule has 0 N–H and O–H groups in total. The molecule has 0 saturated heterocycles. The third-order valence-corrected chi connectivity index (χ3v) is 4.78. The van der Waals surface area contributed by atoms with E-state index in [1.807, 2.05) is 0 Å². The highest BCUT2D eigenvalue weighted by Crippen LogP contribution is 2.24. The summed E-state index contributed by atoms with van der Waals surface area (Å²) in [5.74, 6) is -5.01. The van der Waals surface area contributed by atoms with Crippen molar-refractivity contribution in [2.75, 3.05) is 0 Å². The molecule has 1 aromatic heterocycles. The molecule has 0 fully saturated rings. The minimum Gasteiger partial charge on any atom is -0.609 e. The predicted molar refractivity (Wildman–Crippen MR) is 84.7 cm³/mol. The first kappa shape index (κ1) is 18.2. The monoisotopic (exact) mass is 381 g/mol. The van der Waals surface area contributed by atoms with E-state index in [0.717, 1.165) is 29.0 Å². The van der Waals surface area contributed by atoms with E-state index < -0.39 is 45.8 Å². The second kappa shape index (κ2) is 7.30. The van der Waals surface area contributed by atoms with Crippen LogP contribution in [0.3, 0.4) is 0 Å². The summed E-state index contributed by atoms with van der Waals surface area (Å²) in [6, 6.07) is 6.19. The molecule has 133 valence electrons. The van der Waals surface area contributed by atoms with Crippen LogP contribution in [0.1, 0.15) is 11.3 Å². The van der Waals surface area contributed by atoms with Crippen molar-refractivity contribution in [3.8, 4) is 5.69 Å². The molecule has 3 rings (SSSR count). The Labute approximate surface area is 148 Å². The lowest BCUT2D eigenvalue weighted by molar-refractivity contribution is 0.482. The van der Waals surface area contributed by atoms with Gasteiger partial charge in [-0.2, -0.15) is 4.98 Å². The topological polar surface area (TPSA) is 57.9 Å². The number of imidazole rings is 1. The lowest BCUT2D eigenvalue weighted by Gasteiger charge is -2.13. The smallest absolute Gasteiger partial charge is 0.328 e. The fraction of sp³-hybridized carbons (Fsp3) is 0.0588. The van der Waals surface area contributed by atoms with Gasteiger partial charge in [0.05, 0.1) is 17.4 Å². The Balaban J connectivity index is 2.02. The van der Waals surface area contributed by atoms with Gasteiger partial charge in [0.15, 0.2) is 11.6 Å². The fourth-order valence-corrected chi connectivity index (χ4v) is 3.54. The van der Waals surface area contributed by atoms with Crippen molar-refractivity contribution >= 4 is 17.5 Å². The van der Waals surface area contributed by atoms with Crippen LogP contribution in [-0.2, 0) is 21.7 Å². The summed E-state index contributed by atoms with van der Waals surface area (Å²) >= 11 is -2.13. The third-order valence-electron chi connectivity index (χ3n) is 3.54. The molecule has 1 radical (unpaired) electrons. The summed E-state index contributed by atoms with van der Waals surface area (Å²) in [4.78, 5) is 14.9. The maximum atomic E-state index is 13.8. The van der Waals surface area contributed by atoms with Crippen molar-refractivity contribution in [1.29, 1.82) is 0 Å². The van der Waals surface area contributed by atoms with E-state index in [4.69, 9.17) is 0 Å². The van der Waals surface area contributed by atoms with Gasteiger partial charge in [0.2, 0.25) is 0 Å². The highest BCUT2D eigenvalue weighted by atomic mass is 32.2. The van der Waals surface area contributed by atoms with Crippen LogP contribution in [0.25, 0.3) is 5.69 Å². The van der Waals surface area contributed by atoms with Crippen LogP contribution in [0.15, 0.2) is 47.8 Å². The molecule has 0 saturated carbocycles. The zero-order chi connectivity index (χ0) is 18.8. The standard InChI is InChI=1S/C17H9F4N2O2S/c18-10-1-3-11(4-2-10)23-12(8-24)7-22-17(23)26(25)9-13-14(19)5-6-15(20)16(13)21/h1-7H,9H2. The van der Waals surface area contributed by atoms with Crippen molar-refractivity contribution in [2.45, 2.75) is 10.9 Å². The van der Waals surface area contributed by atoms with Gasteiger partial charge < -0.3 is 4.55 Å². The summed E-state index contributed by atoms with van der Waals surface area (Å²) in [5.41, 5.74) is -0.556. The minimum atomic E-state index is -2.13. The molecule has 0 bridgehead atoms. The Hall–Kier alpha value is -2.65. The number of benzene rings is 2. The average Bonchev–Trinajstić information content (AvgIpc) is 3.06. The number of hydrogen-bond donors (Lipinski definition) is 0. The Bertz CT molecular complexity index is 960. The van der Waals surface area contributed by atoms with Gasteiger partial charge in [-0.25, -0.2) is 22.1 Å². The summed E-state index contributed by atoms with van der Waals surface area (Å²) in [6.45, 7) is 0. The van der Waals surface area contributed by atoms with E-state index in [1.165, 1.54) is 12.1 Å². The maximum Gasteiger partial charge on any atom is 0.328 e. The van der Waals surface area contributed by atoms with Gasteiger partial charge in [0.1, 0.15) is 23.1 Å². The van der Waals surface area contributed by atoms with E-state index in [-0.39, 0.29) is 16.5 Å². The number of hydrogen-bond acceptors (Lipinski definition) is 3. The molecule has 1 heterocycles.